The predicted molar refractivity (Wildman–Crippen MR) is 103 cm³/mol. The minimum absolute atomic E-state index is 0.122. The third kappa shape index (κ3) is 2.51. The van der Waals surface area contributed by atoms with Crippen LogP contribution in [0.2, 0.25) is 0 Å². The molecule has 0 N–H and O–H groups in total. The van der Waals surface area contributed by atoms with E-state index in [1.54, 1.807) is 7.11 Å². The first-order valence-electron chi connectivity index (χ1n) is 11.3. The first kappa shape index (κ1) is 19.3. The Balaban J connectivity index is 1.43. The highest BCUT2D eigenvalue weighted by Gasteiger charge is 2.68. The first-order valence-corrected chi connectivity index (χ1v) is 11.3. The van der Waals surface area contributed by atoms with Gasteiger partial charge >= 0.3 is 5.97 Å². The van der Waals surface area contributed by atoms with E-state index in [2.05, 4.69) is 6.92 Å². The maximum atomic E-state index is 12.9. The lowest BCUT2D eigenvalue weighted by Crippen LogP contribution is -2.59. The molecule has 0 bridgehead atoms. The molecule has 28 heavy (non-hydrogen) atoms. The molecule has 0 aromatic rings. The van der Waals surface area contributed by atoms with Crippen molar-refractivity contribution in [3.8, 4) is 0 Å². The molecule has 0 aromatic carbocycles. The first-order chi connectivity index (χ1) is 13.5. The zero-order valence-electron chi connectivity index (χ0n) is 17.7. The van der Waals surface area contributed by atoms with Gasteiger partial charge in [-0.3, -0.25) is 4.79 Å². The Morgan fingerprint density at radius 2 is 1.89 bits per heavy atom. The van der Waals surface area contributed by atoms with Gasteiger partial charge in [-0.2, -0.15) is 0 Å². The Labute approximate surface area is 168 Å². The van der Waals surface area contributed by atoms with Crippen LogP contribution >= 0.6 is 0 Å². The highest BCUT2D eigenvalue weighted by atomic mass is 16.7. The highest BCUT2D eigenvalue weighted by molar-refractivity contribution is 5.80. The summed E-state index contributed by atoms with van der Waals surface area (Å²) in [4.78, 5) is 12.9. The molecule has 1 heterocycles. The lowest BCUT2D eigenvalue weighted by atomic mass is 9.44. The molecule has 5 rings (SSSR count). The van der Waals surface area contributed by atoms with Gasteiger partial charge in [0.25, 0.3) is 0 Å². The SMILES string of the molecule is COCO[C@@H]1CC[C@@]2(C)[C@H](C1)[C@H](OC)C[C@@H]1[C@@H]2CC[C@]23C(=O)OC[C@H]2CC[C@@H]13. The lowest BCUT2D eigenvalue weighted by Gasteiger charge is -2.62. The van der Waals surface area contributed by atoms with Crippen molar-refractivity contribution >= 4 is 5.97 Å². The zero-order chi connectivity index (χ0) is 19.5. The molecule has 0 aromatic heterocycles. The fourth-order valence-corrected chi connectivity index (χ4v) is 8.56. The van der Waals surface area contributed by atoms with Crippen LogP contribution < -0.4 is 0 Å². The summed E-state index contributed by atoms with van der Waals surface area (Å²) in [6.45, 7) is 3.56. The Hall–Kier alpha value is -0.650. The van der Waals surface area contributed by atoms with E-state index in [0.29, 0.717) is 48.4 Å². The molecule has 9 atom stereocenters. The number of cyclic esters (lactones) is 1. The molecule has 5 fully saturated rings. The Kier molecular flexibility index (Phi) is 4.80. The van der Waals surface area contributed by atoms with Crippen LogP contribution in [-0.4, -0.2) is 45.8 Å². The molecule has 4 saturated carbocycles. The second-order valence-electron chi connectivity index (χ2n) is 10.4. The van der Waals surface area contributed by atoms with E-state index >= 15 is 0 Å². The second-order valence-corrected chi connectivity index (χ2v) is 10.4. The van der Waals surface area contributed by atoms with Crippen LogP contribution in [0.5, 0.6) is 0 Å². The van der Waals surface area contributed by atoms with E-state index in [9.17, 15) is 4.79 Å². The van der Waals surface area contributed by atoms with Gasteiger partial charge in [0.2, 0.25) is 0 Å². The number of ether oxygens (including phenoxy) is 4. The van der Waals surface area contributed by atoms with Crippen molar-refractivity contribution in [1.29, 1.82) is 0 Å². The number of rotatable bonds is 4. The molecular formula is C23H36O5. The summed E-state index contributed by atoms with van der Waals surface area (Å²) in [5.41, 5.74) is 0.125. The molecule has 5 aliphatic rings. The van der Waals surface area contributed by atoms with E-state index in [0.717, 1.165) is 25.7 Å². The summed E-state index contributed by atoms with van der Waals surface area (Å²) < 4.78 is 22.8. The molecule has 0 radical (unpaired) electrons. The molecule has 5 heteroatoms. The van der Waals surface area contributed by atoms with Crippen molar-refractivity contribution in [2.24, 2.45) is 40.4 Å². The van der Waals surface area contributed by atoms with Gasteiger partial charge in [-0.05, 0) is 80.5 Å². The third-order valence-corrected chi connectivity index (χ3v) is 9.81. The number of methoxy groups -OCH3 is 2. The number of esters is 1. The molecule has 1 saturated heterocycles. The molecular weight excluding hydrogens is 356 g/mol. The monoisotopic (exact) mass is 392 g/mol. The van der Waals surface area contributed by atoms with Gasteiger partial charge in [-0.1, -0.05) is 6.92 Å². The third-order valence-electron chi connectivity index (χ3n) is 9.81. The second kappa shape index (κ2) is 6.95. The highest BCUT2D eigenvalue weighted by Crippen LogP contribution is 2.69. The van der Waals surface area contributed by atoms with Gasteiger partial charge in [0.1, 0.15) is 6.79 Å². The molecule has 0 amide bonds. The zero-order valence-corrected chi connectivity index (χ0v) is 17.7. The van der Waals surface area contributed by atoms with E-state index in [-0.39, 0.29) is 23.6 Å². The van der Waals surface area contributed by atoms with Crippen LogP contribution in [0.3, 0.4) is 0 Å². The largest absolute Gasteiger partial charge is 0.465 e. The van der Waals surface area contributed by atoms with E-state index in [4.69, 9.17) is 18.9 Å². The van der Waals surface area contributed by atoms with Crippen LogP contribution in [0, 0.1) is 40.4 Å². The smallest absolute Gasteiger partial charge is 0.312 e. The molecule has 0 unspecified atom stereocenters. The average Bonchev–Trinajstić information content (AvgIpc) is 3.23. The topological polar surface area (TPSA) is 54.0 Å². The summed E-state index contributed by atoms with van der Waals surface area (Å²) in [5, 5.41) is 0. The van der Waals surface area contributed by atoms with Gasteiger partial charge in [0.05, 0.1) is 24.2 Å². The quantitative estimate of drug-likeness (QED) is 0.538. The van der Waals surface area contributed by atoms with Crippen molar-refractivity contribution in [1.82, 2.24) is 0 Å². The van der Waals surface area contributed by atoms with Gasteiger partial charge < -0.3 is 18.9 Å². The van der Waals surface area contributed by atoms with E-state index in [1.807, 2.05) is 7.11 Å². The summed E-state index contributed by atoms with van der Waals surface area (Å²) in [6, 6.07) is 0. The van der Waals surface area contributed by atoms with Crippen molar-refractivity contribution < 1.29 is 23.7 Å². The maximum Gasteiger partial charge on any atom is 0.312 e. The minimum Gasteiger partial charge on any atom is -0.465 e. The van der Waals surface area contributed by atoms with Crippen molar-refractivity contribution in [3.05, 3.63) is 0 Å². The summed E-state index contributed by atoms with van der Waals surface area (Å²) in [5.74, 6) is 2.94. The lowest BCUT2D eigenvalue weighted by molar-refractivity contribution is -0.195. The Bertz CT molecular complexity index is 622. The molecule has 1 aliphatic heterocycles. The number of hydrogen-bond donors (Lipinski definition) is 0. The fourth-order valence-electron chi connectivity index (χ4n) is 8.56. The van der Waals surface area contributed by atoms with Gasteiger partial charge in [-0.25, -0.2) is 0 Å². The summed E-state index contributed by atoms with van der Waals surface area (Å²) >= 11 is 0. The van der Waals surface area contributed by atoms with Crippen molar-refractivity contribution in [2.45, 2.75) is 70.5 Å². The minimum atomic E-state index is -0.165. The fraction of sp³-hybridized carbons (Fsp3) is 0.957. The molecule has 158 valence electrons. The molecule has 1 spiro atoms. The number of carbonyl (C=O) groups is 1. The maximum absolute atomic E-state index is 12.9. The Morgan fingerprint density at radius 1 is 1.04 bits per heavy atom. The van der Waals surface area contributed by atoms with Crippen molar-refractivity contribution in [2.75, 3.05) is 27.6 Å². The van der Waals surface area contributed by atoms with Gasteiger partial charge in [-0.15, -0.1) is 0 Å². The number of carbonyl (C=O) groups excluding carboxylic acids is 1. The van der Waals surface area contributed by atoms with E-state index in [1.165, 1.54) is 25.7 Å². The van der Waals surface area contributed by atoms with Crippen LogP contribution in [0.4, 0.5) is 0 Å². The molecule has 5 nitrogen and oxygen atoms in total. The van der Waals surface area contributed by atoms with Crippen LogP contribution in [0.1, 0.15) is 58.3 Å². The standard InChI is InChI=1S/C23H36O5/c1-22-8-6-15(28-13-25-2)10-19(22)20(26-3)11-16-17(22)7-9-23-14(4-5-18(16)23)12-27-21(23)24/h14-20H,4-13H2,1-3H3/t14-,15-,16-,17+,18+,19-,20-,22-,23+/m1/s1. The van der Waals surface area contributed by atoms with Crippen LogP contribution in [0.25, 0.3) is 0 Å². The van der Waals surface area contributed by atoms with Crippen LogP contribution in [-0.2, 0) is 23.7 Å². The normalized spacial score (nSPS) is 52.4. The summed E-state index contributed by atoms with van der Waals surface area (Å²) in [6.07, 6.45) is 9.63. The predicted octanol–water partition coefficient (Wildman–Crippen LogP) is 3.80. The van der Waals surface area contributed by atoms with Crippen LogP contribution in [0.15, 0.2) is 0 Å². The summed E-state index contributed by atoms with van der Waals surface area (Å²) in [7, 11) is 3.57. The van der Waals surface area contributed by atoms with Gasteiger partial charge in [0, 0.05) is 20.1 Å². The average molecular weight is 393 g/mol. The number of fused-ring (bicyclic) bond motifs is 4. The number of hydrogen-bond acceptors (Lipinski definition) is 5. The Morgan fingerprint density at radius 3 is 2.68 bits per heavy atom. The van der Waals surface area contributed by atoms with Crippen molar-refractivity contribution in [3.63, 3.8) is 0 Å². The van der Waals surface area contributed by atoms with E-state index < -0.39 is 0 Å². The molecule has 4 aliphatic carbocycles. The van der Waals surface area contributed by atoms with Gasteiger partial charge in [0.15, 0.2) is 0 Å².